The molecule has 0 bridgehead atoms. The topological polar surface area (TPSA) is 70.3 Å². The molecule has 0 aliphatic rings. The fourth-order valence-corrected chi connectivity index (χ4v) is 1.66. The van der Waals surface area contributed by atoms with Crippen LogP contribution in [0.25, 0.3) is 10.9 Å². The Bertz CT molecular complexity index is 564. The Morgan fingerprint density at radius 2 is 1.84 bits per heavy atom. The van der Waals surface area contributed by atoms with E-state index in [4.69, 9.17) is 15.2 Å². The number of benzene rings is 1. The Labute approximate surface area is 112 Å². The second-order valence-electron chi connectivity index (χ2n) is 5.21. The minimum Gasteiger partial charge on any atom is -0.475 e. The van der Waals surface area contributed by atoms with Gasteiger partial charge in [0, 0.05) is 0 Å². The van der Waals surface area contributed by atoms with Gasteiger partial charge in [0.15, 0.2) is 0 Å². The summed E-state index contributed by atoms with van der Waals surface area (Å²) in [7, 11) is 0. The molecule has 19 heavy (non-hydrogen) atoms. The van der Waals surface area contributed by atoms with Crippen molar-refractivity contribution in [3.05, 3.63) is 24.3 Å². The molecular formula is C14H19N3O2. The number of anilines is 1. The third kappa shape index (κ3) is 3.79. The van der Waals surface area contributed by atoms with Crippen LogP contribution in [-0.4, -0.2) is 28.8 Å². The lowest BCUT2D eigenvalue weighted by molar-refractivity contribution is -0.0166. The second kappa shape index (κ2) is 5.40. The zero-order valence-electron chi connectivity index (χ0n) is 11.5. The molecule has 0 atom stereocenters. The smallest absolute Gasteiger partial charge is 0.226 e. The van der Waals surface area contributed by atoms with Crippen LogP contribution in [0.2, 0.25) is 0 Å². The van der Waals surface area contributed by atoms with Gasteiger partial charge in [-0.05, 0) is 32.9 Å². The van der Waals surface area contributed by atoms with E-state index in [0.29, 0.717) is 19.1 Å². The van der Waals surface area contributed by atoms with Gasteiger partial charge in [0.25, 0.3) is 0 Å². The van der Waals surface area contributed by atoms with E-state index in [0.717, 1.165) is 10.9 Å². The average molecular weight is 261 g/mol. The van der Waals surface area contributed by atoms with Crippen LogP contribution in [-0.2, 0) is 4.74 Å². The lowest BCUT2D eigenvalue weighted by atomic mass is 10.2. The summed E-state index contributed by atoms with van der Waals surface area (Å²) in [6, 6.07) is 7.61. The van der Waals surface area contributed by atoms with Crippen LogP contribution in [0.15, 0.2) is 24.3 Å². The number of aromatic nitrogens is 2. The molecule has 5 heteroatoms. The summed E-state index contributed by atoms with van der Waals surface area (Å²) in [6.45, 7) is 6.95. The molecule has 0 saturated heterocycles. The maximum atomic E-state index is 5.66. The van der Waals surface area contributed by atoms with Crippen molar-refractivity contribution < 1.29 is 9.47 Å². The quantitative estimate of drug-likeness (QED) is 0.856. The number of nitrogens with zero attached hydrogens (tertiary/aromatic N) is 2. The van der Waals surface area contributed by atoms with Crippen molar-refractivity contribution in [3.63, 3.8) is 0 Å². The van der Waals surface area contributed by atoms with Crippen LogP contribution in [0.3, 0.4) is 0 Å². The second-order valence-corrected chi connectivity index (χ2v) is 5.21. The maximum Gasteiger partial charge on any atom is 0.226 e. The van der Waals surface area contributed by atoms with Crippen molar-refractivity contribution in [1.29, 1.82) is 0 Å². The largest absolute Gasteiger partial charge is 0.475 e. The molecule has 2 aromatic rings. The first-order valence-electron chi connectivity index (χ1n) is 6.25. The zero-order valence-corrected chi connectivity index (χ0v) is 11.5. The molecule has 1 aromatic heterocycles. The van der Waals surface area contributed by atoms with Crippen LogP contribution in [0.5, 0.6) is 5.88 Å². The van der Waals surface area contributed by atoms with E-state index in [-0.39, 0.29) is 11.5 Å². The minimum atomic E-state index is -0.171. The molecule has 2 N–H and O–H groups in total. The summed E-state index contributed by atoms with van der Waals surface area (Å²) in [6.07, 6.45) is 0. The van der Waals surface area contributed by atoms with Crippen LogP contribution in [0.1, 0.15) is 20.8 Å². The van der Waals surface area contributed by atoms with Gasteiger partial charge in [-0.3, -0.25) is 0 Å². The number of hydrogen-bond donors (Lipinski definition) is 1. The van der Waals surface area contributed by atoms with Crippen LogP contribution < -0.4 is 10.5 Å². The zero-order chi connectivity index (χ0) is 13.9. The summed E-state index contributed by atoms with van der Waals surface area (Å²) >= 11 is 0. The molecule has 2 rings (SSSR count). The Morgan fingerprint density at radius 3 is 2.58 bits per heavy atom. The van der Waals surface area contributed by atoms with Crippen molar-refractivity contribution in [3.8, 4) is 5.88 Å². The monoisotopic (exact) mass is 261 g/mol. The van der Waals surface area contributed by atoms with E-state index in [1.165, 1.54) is 0 Å². The van der Waals surface area contributed by atoms with Gasteiger partial charge in [-0.2, -0.15) is 4.98 Å². The Hall–Kier alpha value is -1.88. The van der Waals surface area contributed by atoms with Gasteiger partial charge in [0.05, 0.1) is 23.1 Å². The molecular weight excluding hydrogens is 242 g/mol. The average Bonchev–Trinajstić information content (AvgIpc) is 2.33. The third-order valence-corrected chi connectivity index (χ3v) is 2.44. The number of rotatable bonds is 4. The van der Waals surface area contributed by atoms with Gasteiger partial charge in [-0.15, -0.1) is 0 Å². The van der Waals surface area contributed by atoms with Crippen molar-refractivity contribution in [2.24, 2.45) is 0 Å². The van der Waals surface area contributed by atoms with Crippen LogP contribution in [0.4, 0.5) is 5.95 Å². The number of fused-ring (bicyclic) bond motifs is 1. The van der Waals surface area contributed by atoms with E-state index < -0.39 is 0 Å². The molecule has 102 valence electrons. The summed E-state index contributed by atoms with van der Waals surface area (Å²) < 4.78 is 11.2. The number of hydrogen-bond acceptors (Lipinski definition) is 5. The highest BCUT2D eigenvalue weighted by Crippen LogP contribution is 2.22. The normalized spacial score (nSPS) is 11.7. The van der Waals surface area contributed by atoms with Crippen molar-refractivity contribution in [2.75, 3.05) is 18.9 Å². The highest BCUT2D eigenvalue weighted by atomic mass is 16.5. The molecule has 0 saturated carbocycles. The van der Waals surface area contributed by atoms with E-state index in [2.05, 4.69) is 9.97 Å². The summed E-state index contributed by atoms with van der Waals surface area (Å²) in [5, 5.41) is 0.854. The van der Waals surface area contributed by atoms with Gasteiger partial charge in [0.2, 0.25) is 11.8 Å². The number of ether oxygens (including phenoxy) is 2. The maximum absolute atomic E-state index is 5.66. The van der Waals surface area contributed by atoms with E-state index >= 15 is 0 Å². The first kappa shape index (κ1) is 13.5. The Balaban J connectivity index is 2.08. The molecule has 0 fully saturated rings. The highest BCUT2D eigenvalue weighted by molar-refractivity contribution is 5.84. The van der Waals surface area contributed by atoms with Gasteiger partial charge in [0.1, 0.15) is 6.61 Å². The van der Waals surface area contributed by atoms with E-state index in [1.54, 1.807) is 0 Å². The van der Waals surface area contributed by atoms with Crippen molar-refractivity contribution in [1.82, 2.24) is 9.97 Å². The number of nitrogens with two attached hydrogens (primary N) is 1. The molecule has 0 radical (unpaired) electrons. The van der Waals surface area contributed by atoms with Gasteiger partial charge in [-0.1, -0.05) is 12.1 Å². The SMILES string of the molecule is CC(C)(C)OCCOc1nc(N)nc2ccccc12. The van der Waals surface area contributed by atoms with E-state index in [1.807, 2.05) is 45.0 Å². The lowest BCUT2D eigenvalue weighted by Gasteiger charge is -2.19. The molecule has 0 amide bonds. The first-order chi connectivity index (χ1) is 8.96. The summed E-state index contributed by atoms with van der Waals surface area (Å²) in [5.41, 5.74) is 6.27. The van der Waals surface area contributed by atoms with Gasteiger partial charge >= 0.3 is 0 Å². The van der Waals surface area contributed by atoms with E-state index in [9.17, 15) is 0 Å². The van der Waals surface area contributed by atoms with Crippen molar-refractivity contribution in [2.45, 2.75) is 26.4 Å². The van der Waals surface area contributed by atoms with Crippen LogP contribution >= 0.6 is 0 Å². The fraction of sp³-hybridized carbons (Fsp3) is 0.429. The summed E-state index contributed by atoms with van der Waals surface area (Å²) in [4.78, 5) is 8.28. The number of nitrogen functional groups attached to an aromatic ring is 1. The van der Waals surface area contributed by atoms with Gasteiger partial charge in [-0.25, -0.2) is 4.98 Å². The first-order valence-corrected chi connectivity index (χ1v) is 6.25. The molecule has 1 aromatic carbocycles. The molecule has 1 heterocycles. The Kier molecular flexibility index (Phi) is 3.85. The summed E-state index contributed by atoms with van der Waals surface area (Å²) in [5.74, 6) is 0.714. The molecule has 5 nitrogen and oxygen atoms in total. The number of para-hydroxylation sites is 1. The van der Waals surface area contributed by atoms with Crippen molar-refractivity contribution >= 4 is 16.9 Å². The van der Waals surface area contributed by atoms with Gasteiger partial charge < -0.3 is 15.2 Å². The molecule has 0 aliphatic heterocycles. The molecule has 0 aliphatic carbocycles. The van der Waals surface area contributed by atoms with Crippen LogP contribution in [0, 0.1) is 0 Å². The highest BCUT2D eigenvalue weighted by Gasteiger charge is 2.10. The molecule has 0 spiro atoms. The standard InChI is InChI=1S/C14H19N3O2/c1-14(2,3)19-9-8-18-12-10-6-4-5-7-11(10)16-13(15)17-12/h4-7H,8-9H2,1-3H3,(H2,15,16,17). The fourth-order valence-electron chi connectivity index (χ4n) is 1.66. The predicted octanol–water partition coefficient (Wildman–Crippen LogP) is 2.41. The predicted molar refractivity (Wildman–Crippen MR) is 75.2 cm³/mol. The minimum absolute atomic E-state index is 0.171. The molecule has 0 unspecified atom stereocenters. The lowest BCUT2D eigenvalue weighted by Crippen LogP contribution is -2.22. The third-order valence-electron chi connectivity index (χ3n) is 2.44. The Morgan fingerprint density at radius 1 is 1.11 bits per heavy atom.